The van der Waals surface area contributed by atoms with Crippen LogP contribution in [0.5, 0.6) is 0 Å². The Morgan fingerprint density at radius 3 is 2.48 bits per heavy atom. The maximum atomic E-state index is 12.5. The number of aliphatic hydroxyl groups is 1. The quantitative estimate of drug-likeness (QED) is 0.919. The zero-order valence-corrected chi connectivity index (χ0v) is 13.1. The first-order chi connectivity index (χ1) is 9.84. The van der Waals surface area contributed by atoms with Gasteiger partial charge in [-0.2, -0.15) is 4.31 Å². The van der Waals surface area contributed by atoms with Gasteiger partial charge in [-0.3, -0.25) is 0 Å². The fourth-order valence-corrected chi connectivity index (χ4v) is 3.22. The smallest absolute Gasteiger partial charge is 0.243 e. The van der Waals surface area contributed by atoms with Crippen molar-refractivity contribution in [1.29, 1.82) is 0 Å². The van der Waals surface area contributed by atoms with E-state index in [0.29, 0.717) is 11.3 Å². The van der Waals surface area contributed by atoms with Crippen molar-refractivity contribution in [2.45, 2.75) is 31.9 Å². The first kappa shape index (κ1) is 15.8. The van der Waals surface area contributed by atoms with E-state index < -0.39 is 10.0 Å². The molecule has 6 heteroatoms. The van der Waals surface area contributed by atoms with E-state index in [4.69, 9.17) is 4.42 Å². The molecule has 0 radical (unpaired) electrons. The van der Waals surface area contributed by atoms with Gasteiger partial charge in [-0.25, -0.2) is 8.42 Å². The Bertz CT molecular complexity index is 734. The first-order valence-corrected chi connectivity index (χ1v) is 8.00. The second-order valence-corrected chi connectivity index (χ2v) is 7.06. The second-order valence-electron chi connectivity index (χ2n) is 5.02. The van der Waals surface area contributed by atoms with E-state index in [9.17, 15) is 13.5 Å². The Balaban J connectivity index is 2.28. The summed E-state index contributed by atoms with van der Waals surface area (Å²) in [7, 11) is -2.11. The second kappa shape index (κ2) is 6.01. The topological polar surface area (TPSA) is 70.8 Å². The molecule has 21 heavy (non-hydrogen) atoms. The summed E-state index contributed by atoms with van der Waals surface area (Å²) in [4.78, 5) is 0.169. The molecule has 0 spiro atoms. The van der Waals surface area contributed by atoms with E-state index in [1.807, 2.05) is 13.8 Å². The van der Waals surface area contributed by atoms with Crippen LogP contribution in [0.4, 0.5) is 0 Å². The molecule has 1 aromatic heterocycles. The van der Waals surface area contributed by atoms with Gasteiger partial charge in [0.25, 0.3) is 0 Å². The minimum Gasteiger partial charge on any atom is -0.465 e. The maximum Gasteiger partial charge on any atom is 0.243 e. The highest BCUT2D eigenvalue weighted by molar-refractivity contribution is 7.89. The predicted octanol–water partition coefficient (Wildman–Crippen LogP) is 2.21. The molecule has 0 saturated carbocycles. The molecular formula is C15H19NO4S. The van der Waals surface area contributed by atoms with Crippen molar-refractivity contribution in [2.75, 3.05) is 7.05 Å². The van der Waals surface area contributed by atoms with Crippen molar-refractivity contribution in [1.82, 2.24) is 4.31 Å². The number of sulfonamides is 1. The number of hydrogen-bond acceptors (Lipinski definition) is 4. The summed E-state index contributed by atoms with van der Waals surface area (Å²) >= 11 is 0. The Labute approximate surface area is 124 Å². The lowest BCUT2D eigenvalue weighted by Gasteiger charge is -2.17. The highest BCUT2D eigenvalue weighted by atomic mass is 32.2. The normalized spacial score (nSPS) is 12.0. The molecule has 0 fully saturated rings. The number of aryl methyl sites for hydroxylation is 2. The van der Waals surface area contributed by atoms with Crippen LogP contribution in [0, 0.1) is 13.8 Å². The molecule has 0 unspecified atom stereocenters. The fourth-order valence-electron chi connectivity index (χ4n) is 2.03. The number of hydrogen-bond donors (Lipinski definition) is 1. The molecule has 2 rings (SSSR count). The highest BCUT2D eigenvalue weighted by Crippen LogP contribution is 2.20. The summed E-state index contributed by atoms with van der Waals surface area (Å²) in [5.74, 6) is 1.33. The Hall–Kier alpha value is -1.63. The SMILES string of the molecule is Cc1ccc(CN(C)S(=O)(=O)c2ccc(C)c(CO)c2)o1. The molecule has 0 atom stereocenters. The van der Waals surface area contributed by atoms with Crippen molar-refractivity contribution in [3.8, 4) is 0 Å². The van der Waals surface area contributed by atoms with Gasteiger partial charge < -0.3 is 9.52 Å². The fraction of sp³-hybridized carbons (Fsp3) is 0.333. The molecule has 1 heterocycles. The van der Waals surface area contributed by atoms with Crippen LogP contribution in [0.1, 0.15) is 22.6 Å². The molecule has 2 aromatic rings. The van der Waals surface area contributed by atoms with Gasteiger partial charge in [0.05, 0.1) is 18.0 Å². The van der Waals surface area contributed by atoms with Crippen LogP contribution in [0.15, 0.2) is 39.6 Å². The monoisotopic (exact) mass is 309 g/mol. The van der Waals surface area contributed by atoms with Crippen LogP contribution >= 0.6 is 0 Å². The third kappa shape index (κ3) is 3.34. The molecule has 5 nitrogen and oxygen atoms in total. The van der Waals surface area contributed by atoms with Crippen LogP contribution in [-0.2, 0) is 23.2 Å². The summed E-state index contributed by atoms with van der Waals surface area (Å²) in [6.45, 7) is 3.62. The lowest BCUT2D eigenvalue weighted by molar-refractivity contribution is 0.280. The van der Waals surface area contributed by atoms with Gasteiger partial charge >= 0.3 is 0 Å². The molecular weight excluding hydrogens is 290 g/mol. The number of aliphatic hydroxyl groups excluding tert-OH is 1. The van der Waals surface area contributed by atoms with Crippen molar-refractivity contribution >= 4 is 10.0 Å². The Kier molecular flexibility index (Phi) is 4.51. The van der Waals surface area contributed by atoms with Gasteiger partial charge in [0, 0.05) is 7.05 Å². The minimum absolute atomic E-state index is 0.165. The largest absolute Gasteiger partial charge is 0.465 e. The van der Waals surface area contributed by atoms with Crippen LogP contribution in [0.25, 0.3) is 0 Å². The maximum absolute atomic E-state index is 12.5. The van der Waals surface area contributed by atoms with E-state index in [1.54, 1.807) is 24.3 Å². The molecule has 0 saturated heterocycles. The Morgan fingerprint density at radius 1 is 1.19 bits per heavy atom. The lowest BCUT2D eigenvalue weighted by atomic mass is 10.1. The summed E-state index contributed by atoms with van der Waals surface area (Å²) in [5, 5.41) is 9.26. The van der Waals surface area contributed by atoms with Crippen LogP contribution in [-0.4, -0.2) is 24.9 Å². The summed E-state index contributed by atoms with van der Waals surface area (Å²) in [6.07, 6.45) is 0. The number of furan rings is 1. The average Bonchev–Trinajstić information content (AvgIpc) is 2.84. The minimum atomic E-state index is -3.62. The Morgan fingerprint density at radius 2 is 1.90 bits per heavy atom. The zero-order valence-electron chi connectivity index (χ0n) is 12.3. The summed E-state index contributed by atoms with van der Waals surface area (Å²) in [6, 6.07) is 8.31. The first-order valence-electron chi connectivity index (χ1n) is 6.56. The van der Waals surface area contributed by atoms with E-state index in [-0.39, 0.29) is 18.0 Å². The number of nitrogens with zero attached hydrogens (tertiary/aromatic N) is 1. The standard InChI is InChI=1S/C15H19NO4S/c1-11-4-7-15(8-13(11)10-17)21(18,19)16(3)9-14-6-5-12(2)20-14/h4-8,17H,9-10H2,1-3H3. The third-order valence-corrected chi connectivity index (χ3v) is 5.17. The molecule has 1 aromatic carbocycles. The van der Waals surface area contributed by atoms with Crippen molar-refractivity contribution in [3.05, 3.63) is 53.0 Å². The van der Waals surface area contributed by atoms with Crippen LogP contribution in [0.2, 0.25) is 0 Å². The molecule has 114 valence electrons. The zero-order chi connectivity index (χ0) is 15.6. The number of rotatable bonds is 5. The molecule has 0 amide bonds. The molecule has 0 aliphatic heterocycles. The molecule has 0 aliphatic carbocycles. The van der Waals surface area contributed by atoms with Crippen LogP contribution in [0.3, 0.4) is 0 Å². The van der Waals surface area contributed by atoms with Gasteiger partial charge in [0.1, 0.15) is 11.5 Å². The van der Waals surface area contributed by atoms with Gasteiger partial charge in [-0.15, -0.1) is 0 Å². The van der Waals surface area contributed by atoms with Crippen LogP contribution < -0.4 is 0 Å². The van der Waals surface area contributed by atoms with Gasteiger partial charge in [-0.05, 0) is 49.2 Å². The molecule has 0 aliphatic rings. The third-order valence-electron chi connectivity index (χ3n) is 3.37. The van der Waals surface area contributed by atoms with Gasteiger partial charge in [0.15, 0.2) is 0 Å². The van der Waals surface area contributed by atoms with E-state index in [2.05, 4.69) is 0 Å². The van der Waals surface area contributed by atoms with Gasteiger partial charge in [0.2, 0.25) is 10.0 Å². The van der Waals surface area contributed by atoms with E-state index in [0.717, 1.165) is 11.3 Å². The lowest BCUT2D eigenvalue weighted by Crippen LogP contribution is -2.26. The van der Waals surface area contributed by atoms with Crippen molar-refractivity contribution in [2.24, 2.45) is 0 Å². The van der Waals surface area contributed by atoms with E-state index >= 15 is 0 Å². The highest BCUT2D eigenvalue weighted by Gasteiger charge is 2.22. The average molecular weight is 309 g/mol. The summed E-state index contributed by atoms with van der Waals surface area (Å²) < 4.78 is 31.7. The molecule has 0 bridgehead atoms. The number of benzene rings is 1. The van der Waals surface area contributed by atoms with Crippen molar-refractivity contribution < 1.29 is 17.9 Å². The van der Waals surface area contributed by atoms with E-state index in [1.165, 1.54) is 17.4 Å². The van der Waals surface area contributed by atoms with Gasteiger partial charge in [-0.1, -0.05) is 6.07 Å². The summed E-state index contributed by atoms with van der Waals surface area (Å²) in [5.41, 5.74) is 1.47. The van der Waals surface area contributed by atoms with Crippen molar-refractivity contribution in [3.63, 3.8) is 0 Å². The predicted molar refractivity (Wildman–Crippen MR) is 79.2 cm³/mol. The molecule has 1 N–H and O–H groups in total.